The molecule has 2 aromatic rings. The van der Waals surface area contributed by atoms with Crippen LogP contribution in [0.2, 0.25) is 0 Å². The summed E-state index contributed by atoms with van der Waals surface area (Å²) in [5.74, 6) is -1.79. The fourth-order valence-electron chi connectivity index (χ4n) is 3.12. The van der Waals surface area contributed by atoms with Crippen molar-refractivity contribution < 1.29 is 53.4 Å². The summed E-state index contributed by atoms with van der Waals surface area (Å²) >= 11 is 0. The van der Waals surface area contributed by atoms with Gasteiger partial charge in [0, 0.05) is 29.1 Å². The largest absolute Gasteiger partial charge is 1.00 e. The van der Waals surface area contributed by atoms with E-state index in [2.05, 4.69) is 5.32 Å². The van der Waals surface area contributed by atoms with E-state index in [1.54, 1.807) is 24.3 Å². The maximum absolute atomic E-state index is 13.4. The van der Waals surface area contributed by atoms with Crippen molar-refractivity contribution in [1.29, 1.82) is 0 Å². The third kappa shape index (κ3) is 2.97. The molecule has 5 nitrogen and oxygen atoms in total. The molecule has 0 saturated carbocycles. The van der Waals surface area contributed by atoms with Crippen molar-refractivity contribution in [3.05, 3.63) is 65.0 Å². The Bertz CT molecular complexity index is 925. The zero-order valence-electron chi connectivity index (χ0n) is 13.3. The molecule has 0 spiro atoms. The number of nitrogens with one attached hydrogen (secondary N) is 1. The monoisotopic (exact) mass is 347 g/mol. The molecule has 1 unspecified atom stereocenters. The van der Waals surface area contributed by atoms with E-state index in [1.165, 1.54) is 18.2 Å². The number of carboxylic acids is 1. The minimum Gasteiger partial charge on any atom is -0.550 e. The number of carbonyl (C=O) groups excluding carboxylic acids is 2. The second-order valence-electron chi connectivity index (χ2n) is 5.62. The number of carboxylic acid groups (broad SMARTS) is 1. The summed E-state index contributed by atoms with van der Waals surface area (Å²) in [7, 11) is 0. The van der Waals surface area contributed by atoms with Gasteiger partial charge in [-0.3, -0.25) is 4.79 Å². The number of benzene rings is 2. The van der Waals surface area contributed by atoms with Crippen molar-refractivity contribution in [3.63, 3.8) is 0 Å². The maximum Gasteiger partial charge on any atom is 1.00 e. The first-order valence-electron chi connectivity index (χ1n) is 7.36. The summed E-state index contributed by atoms with van der Waals surface area (Å²) in [6.07, 6.45) is -1.03. The van der Waals surface area contributed by atoms with Crippen molar-refractivity contribution in [2.24, 2.45) is 0 Å². The first kappa shape index (κ1) is 17.7. The van der Waals surface area contributed by atoms with Crippen LogP contribution in [0.1, 0.15) is 29.2 Å². The zero-order chi connectivity index (χ0) is 16.8. The van der Waals surface area contributed by atoms with E-state index >= 15 is 0 Å². The third-order valence-electron chi connectivity index (χ3n) is 4.12. The molecule has 2 aliphatic rings. The molecule has 1 atom stereocenters. The number of ether oxygens (including phenoxy) is 1. The number of halogens is 1. The fourth-order valence-corrected chi connectivity index (χ4v) is 3.12. The van der Waals surface area contributed by atoms with Crippen molar-refractivity contribution in [2.45, 2.75) is 12.5 Å². The van der Waals surface area contributed by atoms with Crippen LogP contribution in [0.15, 0.2) is 42.5 Å². The number of aliphatic carboxylic acids is 1. The van der Waals surface area contributed by atoms with E-state index in [1.807, 2.05) is 0 Å². The summed E-state index contributed by atoms with van der Waals surface area (Å²) in [6, 6.07) is 11.1. The molecule has 25 heavy (non-hydrogen) atoms. The molecular formula is C18H11FNNaO4. The van der Waals surface area contributed by atoms with Gasteiger partial charge in [-0.05, 0) is 18.2 Å². The molecule has 2 aliphatic heterocycles. The number of amides is 1. The molecule has 2 aromatic carbocycles. The van der Waals surface area contributed by atoms with Gasteiger partial charge in [-0.2, -0.15) is 0 Å². The topological polar surface area (TPSA) is 78.5 Å². The molecule has 0 aromatic heterocycles. The SMILES string of the molecule is O=C([O-])CC1O/C(=C2/C(=O)Nc3cc(F)ccc32)c2ccccc21.[Na+]. The van der Waals surface area contributed by atoms with Gasteiger partial charge in [0.2, 0.25) is 0 Å². The Labute approximate surface area is 164 Å². The van der Waals surface area contributed by atoms with Crippen molar-refractivity contribution in [1.82, 2.24) is 0 Å². The Morgan fingerprint density at radius 2 is 1.96 bits per heavy atom. The second-order valence-corrected chi connectivity index (χ2v) is 5.62. The van der Waals surface area contributed by atoms with Crippen LogP contribution in [0.4, 0.5) is 10.1 Å². The molecule has 0 saturated heterocycles. The number of fused-ring (bicyclic) bond motifs is 2. The molecule has 0 fully saturated rings. The van der Waals surface area contributed by atoms with Crippen LogP contribution in [-0.4, -0.2) is 11.9 Å². The van der Waals surface area contributed by atoms with Gasteiger partial charge in [-0.1, -0.05) is 24.3 Å². The third-order valence-corrected chi connectivity index (χ3v) is 4.12. The summed E-state index contributed by atoms with van der Waals surface area (Å²) in [5.41, 5.74) is 2.52. The molecule has 1 N–H and O–H groups in total. The number of hydrogen-bond donors (Lipinski definition) is 1. The number of anilines is 1. The normalized spacial score (nSPS) is 20.2. The van der Waals surface area contributed by atoms with Crippen LogP contribution in [0, 0.1) is 5.82 Å². The predicted octanol–water partition coefficient (Wildman–Crippen LogP) is -1.14. The molecule has 0 aliphatic carbocycles. The van der Waals surface area contributed by atoms with Gasteiger partial charge in [-0.15, -0.1) is 0 Å². The van der Waals surface area contributed by atoms with Crippen LogP contribution < -0.4 is 40.0 Å². The Morgan fingerprint density at radius 3 is 2.72 bits per heavy atom. The molecule has 1 amide bonds. The van der Waals surface area contributed by atoms with E-state index in [0.717, 1.165) is 0 Å². The zero-order valence-corrected chi connectivity index (χ0v) is 15.3. The maximum atomic E-state index is 13.4. The van der Waals surface area contributed by atoms with E-state index in [4.69, 9.17) is 4.74 Å². The Hall–Kier alpha value is -2.15. The standard InChI is InChI=1S/C18H12FNO4.Na/c19-9-5-6-12-13(7-9)20-18(23)16(12)17-11-4-2-1-3-10(11)14(24-17)8-15(21)22;/h1-7,14H,8H2,(H,20,23)(H,21,22);/q;+1/p-1/b17-16+;. The van der Waals surface area contributed by atoms with Gasteiger partial charge < -0.3 is 20.0 Å². The summed E-state index contributed by atoms with van der Waals surface area (Å²) in [4.78, 5) is 23.3. The fraction of sp³-hybridized carbons (Fsp3) is 0.111. The van der Waals surface area contributed by atoms with Gasteiger partial charge >= 0.3 is 29.6 Å². The van der Waals surface area contributed by atoms with E-state index in [-0.39, 0.29) is 41.6 Å². The Kier molecular flexibility index (Phi) is 4.69. The Balaban J connectivity index is 0.00000182. The van der Waals surface area contributed by atoms with E-state index in [9.17, 15) is 19.1 Å². The minimum absolute atomic E-state index is 0. The average molecular weight is 347 g/mol. The quantitative estimate of drug-likeness (QED) is 0.550. The number of carbonyl (C=O) groups is 2. The number of rotatable bonds is 2. The van der Waals surface area contributed by atoms with Crippen LogP contribution in [0.5, 0.6) is 0 Å². The van der Waals surface area contributed by atoms with E-state index < -0.39 is 23.8 Å². The molecule has 4 rings (SSSR count). The minimum atomic E-state index is -1.24. The van der Waals surface area contributed by atoms with Gasteiger partial charge in [0.1, 0.15) is 17.7 Å². The molecule has 7 heteroatoms. The van der Waals surface area contributed by atoms with Gasteiger partial charge in [0.25, 0.3) is 5.91 Å². The van der Waals surface area contributed by atoms with Crippen LogP contribution >= 0.6 is 0 Å². The molecule has 0 bridgehead atoms. The smallest absolute Gasteiger partial charge is 0.550 e. The predicted molar refractivity (Wildman–Crippen MR) is 81.7 cm³/mol. The van der Waals surface area contributed by atoms with Crippen molar-refractivity contribution >= 4 is 28.9 Å². The molecule has 120 valence electrons. The van der Waals surface area contributed by atoms with Gasteiger partial charge in [-0.25, -0.2) is 4.39 Å². The van der Waals surface area contributed by atoms with Crippen LogP contribution in [0.3, 0.4) is 0 Å². The first-order valence-corrected chi connectivity index (χ1v) is 7.36. The molecule has 0 radical (unpaired) electrons. The van der Waals surface area contributed by atoms with Crippen LogP contribution in [-0.2, 0) is 14.3 Å². The van der Waals surface area contributed by atoms with Gasteiger partial charge in [0.05, 0.1) is 11.3 Å². The first-order chi connectivity index (χ1) is 11.5. The van der Waals surface area contributed by atoms with Crippen molar-refractivity contribution in [2.75, 3.05) is 5.32 Å². The average Bonchev–Trinajstić information content (AvgIpc) is 3.04. The van der Waals surface area contributed by atoms with Crippen LogP contribution in [0.25, 0.3) is 11.3 Å². The summed E-state index contributed by atoms with van der Waals surface area (Å²) in [6.45, 7) is 0. The molecular weight excluding hydrogens is 336 g/mol. The van der Waals surface area contributed by atoms with E-state index in [0.29, 0.717) is 28.1 Å². The van der Waals surface area contributed by atoms with Crippen molar-refractivity contribution in [3.8, 4) is 0 Å². The Morgan fingerprint density at radius 1 is 1.20 bits per heavy atom. The molecule has 2 heterocycles. The number of hydrogen-bond acceptors (Lipinski definition) is 4. The van der Waals surface area contributed by atoms with Gasteiger partial charge in [0.15, 0.2) is 0 Å². The second kappa shape index (κ2) is 6.63. The summed E-state index contributed by atoms with van der Waals surface area (Å²) < 4.78 is 19.2. The summed E-state index contributed by atoms with van der Waals surface area (Å²) in [5, 5.41) is 13.6.